The van der Waals surface area contributed by atoms with Gasteiger partial charge in [-0.05, 0) is 20.8 Å². The molecule has 64 valence electrons. The lowest BCUT2D eigenvalue weighted by Gasteiger charge is -2.16. The third kappa shape index (κ3) is 4.50. The summed E-state index contributed by atoms with van der Waals surface area (Å²) in [7, 11) is 0. The smallest absolute Gasteiger partial charge is 0.239 e. The number of carbonyl (C=O) groups is 2. The number of hydrogen-bond acceptors (Lipinski definition) is 3. The molecule has 0 aromatic rings. The van der Waals surface area contributed by atoms with Gasteiger partial charge in [0, 0.05) is 0 Å². The molecule has 0 unspecified atom stereocenters. The summed E-state index contributed by atoms with van der Waals surface area (Å²) in [4.78, 5) is 21.4. The zero-order valence-corrected chi connectivity index (χ0v) is 7.10. The summed E-state index contributed by atoms with van der Waals surface area (Å²) in [6, 6.07) is 0. The molecular weight excluding hydrogens is 144 g/mol. The summed E-state index contributed by atoms with van der Waals surface area (Å²) in [5.41, 5.74) is 4.53. The molecule has 0 heterocycles. The van der Waals surface area contributed by atoms with Gasteiger partial charge in [0.1, 0.15) is 5.78 Å². The SMILES string of the molecule is CC(=O)CNC(=O)C(C)(C)N. The molecule has 0 atom stereocenters. The Labute approximate surface area is 66.1 Å². The molecule has 4 heteroatoms. The van der Waals surface area contributed by atoms with Gasteiger partial charge in [0.05, 0.1) is 12.1 Å². The van der Waals surface area contributed by atoms with E-state index in [4.69, 9.17) is 5.73 Å². The highest BCUT2D eigenvalue weighted by Gasteiger charge is 2.21. The van der Waals surface area contributed by atoms with Crippen LogP contribution in [-0.4, -0.2) is 23.8 Å². The van der Waals surface area contributed by atoms with E-state index >= 15 is 0 Å². The minimum absolute atomic E-state index is 0.0550. The number of carbonyl (C=O) groups excluding carboxylic acids is 2. The zero-order valence-electron chi connectivity index (χ0n) is 7.10. The van der Waals surface area contributed by atoms with Gasteiger partial charge in [0.15, 0.2) is 0 Å². The third-order valence-electron chi connectivity index (χ3n) is 1.08. The molecule has 0 aromatic carbocycles. The van der Waals surface area contributed by atoms with Gasteiger partial charge >= 0.3 is 0 Å². The van der Waals surface area contributed by atoms with Gasteiger partial charge in [-0.1, -0.05) is 0 Å². The van der Waals surface area contributed by atoms with Crippen LogP contribution < -0.4 is 11.1 Å². The van der Waals surface area contributed by atoms with E-state index in [9.17, 15) is 9.59 Å². The minimum Gasteiger partial charge on any atom is -0.347 e. The maximum atomic E-state index is 11.0. The number of amides is 1. The number of hydrogen-bond donors (Lipinski definition) is 2. The quantitative estimate of drug-likeness (QED) is 0.577. The summed E-state index contributed by atoms with van der Waals surface area (Å²) in [5.74, 6) is -0.393. The molecular formula is C7H14N2O2. The van der Waals surface area contributed by atoms with E-state index in [2.05, 4.69) is 5.32 Å². The van der Waals surface area contributed by atoms with Gasteiger partial charge in [-0.2, -0.15) is 0 Å². The van der Waals surface area contributed by atoms with Crippen molar-refractivity contribution in [3.05, 3.63) is 0 Å². The van der Waals surface area contributed by atoms with Gasteiger partial charge in [-0.25, -0.2) is 0 Å². The van der Waals surface area contributed by atoms with Gasteiger partial charge in [0.25, 0.3) is 0 Å². The first-order valence-electron chi connectivity index (χ1n) is 3.40. The predicted molar refractivity (Wildman–Crippen MR) is 42.0 cm³/mol. The molecule has 0 saturated carbocycles. The molecule has 3 N–H and O–H groups in total. The predicted octanol–water partition coefficient (Wildman–Crippen LogP) is -0.571. The summed E-state index contributed by atoms with van der Waals surface area (Å²) in [6.45, 7) is 4.63. The van der Waals surface area contributed by atoms with Crippen molar-refractivity contribution in [1.82, 2.24) is 5.32 Å². The Kier molecular flexibility index (Phi) is 3.19. The number of rotatable bonds is 3. The van der Waals surface area contributed by atoms with E-state index in [0.717, 1.165) is 0 Å². The van der Waals surface area contributed by atoms with Crippen LogP contribution in [0.3, 0.4) is 0 Å². The van der Waals surface area contributed by atoms with Crippen LogP contribution in [0, 0.1) is 0 Å². The standard InChI is InChI=1S/C7H14N2O2/c1-5(10)4-9-6(11)7(2,3)8/h4,8H2,1-3H3,(H,9,11). The highest BCUT2D eigenvalue weighted by Crippen LogP contribution is 1.94. The number of Topliss-reactive ketones (excluding diaryl/α,β-unsaturated/α-hetero) is 1. The summed E-state index contributed by atoms with van der Waals surface area (Å²) >= 11 is 0. The Balaban J connectivity index is 3.80. The molecule has 0 radical (unpaired) electrons. The van der Waals surface area contributed by atoms with Gasteiger partial charge < -0.3 is 11.1 Å². The molecule has 0 fully saturated rings. The topological polar surface area (TPSA) is 72.2 Å². The molecule has 0 aromatic heterocycles. The fraction of sp³-hybridized carbons (Fsp3) is 0.714. The van der Waals surface area contributed by atoms with E-state index in [0.29, 0.717) is 0 Å². The van der Waals surface area contributed by atoms with Crippen molar-refractivity contribution < 1.29 is 9.59 Å². The van der Waals surface area contributed by atoms with E-state index in [1.165, 1.54) is 6.92 Å². The lowest BCUT2D eigenvalue weighted by atomic mass is 10.1. The first-order valence-corrected chi connectivity index (χ1v) is 3.40. The summed E-state index contributed by atoms with van der Waals surface area (Å²) in [5, 5.41) is 2.41. The lowest BCUT2D eigenvalue weighted by molar-refractivity contribution is -0.127. The van der Waals surface area contributed by atoms with Crippen molar-refractivity contribution in [3.8, 4) is 0 Å². The van der Waals surface area contributed by atoms with E-state index in [-0.39, 0.29) is 18.2 Å². The monoisotopic (exact) mass is 158 g/mol. The van der Waals surface area contributed by atoms with E-state index in [1.54, 1.807) is 13.8 Å². The summed E-state index contributed by atoms with van der Waals surface area (Å²) in [6.07, 6.45) is 0. The number of ketones is 1. The minimum atomic E-state index is -0.907. The molecule has 1 amide bonds. The Hall–Kier alpha value is -0.900. The largest absolute Gasteiger partial charge is 0.347 e. The maximum absolute atomic E-state index is 11.0. The van der Waals surface area contributed by atoms with E-state index in [1.807, 2.05) is 0 Å². The Morgan fingerprint density at radius 2 is 1.91 bits per heavy atom. The molecule has 0 saturated heterocycles. The van der Waals surface area contributed by atoms with Crippen LogP contribution in [0.5, 0.6) is 0 Å². The normalized spacial score (nSPS) is 10.9. The fourth-order valence-electron chi connectivity index (χ4n) is 0.433. The zero-order chi connectivity index (χ0) is 9.07. The van der Waals surface area contributed by atoms with Gasteiger partial charge in [0.2, 0.25) is 5.91 Å². The second kappa shape index (κ2) is 3.48. The third-order valence-corrected chi connectivity index (χ3v) is 1.08. The van der Waals surface area contributed by atoms with Crippen LogP contribution >= 0.6 is 0 Å². The molecule has 11 heavy (non-hydrogen) atoms. The van der Waals surface area contributed by atoms with Crippen molar-refractivity contribution in [2.45, 2.75) is 26.3 Å². The average Bonchev–Trinajstić information content (AvgIpc) is 1.80. The maximum Gasteiger partial charge on any atom is 0.239 e. The molecule has 0 spiro atoms. The number of nitrogens with two attached hydrogens (primary N) is 1. The highest BCUT2D eigenvalue weighted by molar-refractivity contribution is 5.89. The van der Waals surface area contributed by atoms with Crippen LogP contribution in [0.25, 0.3) is 0 Å². The Bertz CT molecular complexity index is 170. The van der Waals surface area contributed by atoms with Crippen LogP contribution in [-0.2, 0) is 9.59 Å². The van der Waals surface area contributed by atoms with Crippen molar-refractivity contribution in [3.63, 3.8) is 0 Å². The Morgan fingerprint density at radius 1 is 1.45 bits per heavy atom. The fourth-order valence-corrected chi connectivity index (χ4v) is 0.433. The van der Waals surface area contributed by atoms with Gasteiger partial charge in [-0.3, -0.25) is 9.59 Å². The second-order valence-corrected chi connectivity index (χ2v) is 3.11. The Morgan fingerprint density at radius 3 is 2.18 bits per heavy atom. The van der Waals surface area contributed by atoms with Crippen molar-refractivity contribution in [1.29, 1.82) is 0 Å². The van der Waals surface area contributed by atoms with E-state index < -0.39 is 5.54 Å². The van der Waals surface area contributed by atoms with Crippen molar-refractivity contribution in [2.75, 3.05) is 6.54 Å². The van der Waals surface area contributed by atoms with Crippen LogP contribution in [0.2, 0.25) is 0 Å². The van der Waals surface area contributed by atoms with Crippen molar-refractivity contribution >= 4 is 11.7 Å². The highest BCUT2D eigenvalue weighted by atomic mass is 16.2. The van der Waals surface area contributed by atoms with Crippen LogP contribution in [0.15, 0.2) is 0 Å². The van der Waals surface area contributed by atoms with Crippen LogP contribution in [0.1, 0.15) is 20.8 Å². The average molecular weight is 158 g/mol. The lowest BCUT2D eigenvalue weighted by Crippen LogP contribution is -2.50. The molecule has 0 bridgehead atoms. The number of nitrogens with one attached hydrogen (secondary N) is 1. The molecule has 4 nitrogen and oxygen atoms in total. The molecule has 0 aliphatic rings. The molecule has 0 aliphatic heterocycles. The second-order valence-electron chi connectivity index (χ2n) is 3.11. The molecule has 0 rings (SSSR count). The molecule has 0 aliphatic carbocycles. The van der Waals surface area contributed by atoms with Crippen molar-refractivity contribution in [2.24, 2.45) is 5.73 Å². The first kappa shape index (κ1) is 10.1. The summed E-state index contributed by atoms with van der Waals surface area (Å²) < 4.78 is 0. The first-order chi connectivity index (χ1) is 4.84. The van der Waals surface area contributed by atoms with Gasteiger partial charge in [-0.15, -0.1) is 0 Å². The van der Waals surface area contributed by atoms with Crippen LogP contribution in [0.4, 0.5) is 0 Å².